The van der Waals surface area contributed by atoms with Gasteiger partial charge in [0.1, 0.15) is 0 Å². The van der Waals surface area contributed by atoms with Gasteiger partial charge in [0.15, 0.2) is 0 Å². The molecule has 2 fully saturated rings. The van der Waals surface area contributed by atoms with Crippen LogP contribution in [0.4, 0.5) is 0 Å². The van der Waals surface area contributed by atoms with Gasteiger partial charge in [-0.15, -0.1) is 6.42 Å². The van der Waals surface area contributed by atoms with Crippen LogP contribution in [0.1, 0.15) is 50.6 Å². The van der Waals surface area contributed by atoms with Crippen molar-refractivity contribution in [3.8, 4) is 12.3 Å². The van der Waals surface area contributed by atoms with Crippen molar-refractivity contribution in [3.05, 3.63) is 35.9 Å². The van der Waals surface area contributed by atoms with Crippen molar-refractivity contribution in [1.29, 1.82) is 0 Å². The first-order valence-corrected chi connectivity index (χ1v) is 8.30. The number of hydrogen-bond donors (Lipinski definition) is 1. The lowest BCUT2D eigenvalue weighted by atomic mass is 9.88. The quantitative estimate of drug-likeness (QED) is 0.855. The molecule has 0 amide bonds. The first-order chi connectivity index (χ1) is 10.3. The van der Waals surface area contributed by atoms with E-state index in [0.29, 0.717) is 11.6 Å². The van der Waals surface area contributed by atoms with E-state index < -0.39 is 0 Å². The SMILES string of the molecule is C#CC(CC)N1CC2(CCCC2)NCC1c1ccccc1. The van der Waals surface area contributed by atoms with Crippen LogP contribution in [-0.2, 0) is 0 Å². The van der Waals surface area contributed by atoms with Crippen LogP contribution in [0.2, 0.25) is 0 Å². The van der Waals surface area contributed by atoms with Crippen LogP contribution in [0, 0.1) is 12.3 Å². The molecule has 2 heteroatoms. The fourth-order valence-electron chi connectivity index (χ4n) is 4.09. The Balaban J connectivity index is 1.87. The maximum Gasteiger partial charge on any atom is 0.0715 e. The molecule has 2 aliphatic rings. The van der Waals surface area contributed by atoms with Gasteiger partial charge in [-0.25, -0.2) is 0 Å². The van der Waals surface area contributed by atoms with Crippen molar-refractivity contribution in [1.82, 2.24) is 10.2 Å². The normalized spacial score (nSPS) is 26.6. The lowest BCUT2D eigenvalue weighted by Crippen LogP contribution is -2.61. The highest BCUT2D eigenvalue weighted by Crippen LogP contribution is 2.37. The second-order valence-corrected chi connectivity index (χ2v) is 6.56. The summed E-state index contributed by atoms with van der Waals surface area (Å²) in [5.74, 6) is 3.03. The number of terminal acetylenes is 1. The van der Waals surface area contributed by atoms with Gasteiger partial charge in [-0.2, -0.15) is 0 Å². The molecule has 0 aromatic heterocycles. The van der Waals surface area contributed by atoms with Gasteiger partial charge in [-0.1, -0.05) is 56.0 Å². The molecule has 0 bridgehead atoms. The Bertz CT molecular complexity index is 496. The lowest BCUT2D eigenvalue weighted by molar-refractivity contribution is 0.0592. The van der Waals surface area contributed by atoms with Gasteiger partial charge in [0.25, 0.3) is 0 Å². The smallest absolute Gasteiger partial charge is 0.0715 e. The van der Waals surface area contributed by atoms with Crippen LogP contribution < -0.4 is 5.32 Å². The first-order valence-electron chi connectivity index (χ1n) is 8.30. The molecule has 3 rings (SSSR count). The van der Waals surface area contributed by atoms with E-state index in [0.717, 1.165) is 19.5 Å². The molecule has 1 heterocycles. The Morgan fingerprint density at radius 2 is 2.05 bits per heavy atom. The van der Waals surface area contributed by atoms with Crippen molar-refractivity contribution in [2.24, 2.45) is 0 Å². The highest BCUT2D eigenvalue weighted by molar-refractivity contribution is 5.23. The summed E-state index contributed by atoms with van der Waals surface area (Å²) in [5.41, 5.74) is 1.70. The molecular weight excluding hydrogens is 256 g/mol. The highest BCUT2D eigenvalue weighted by Gasteiger charge is 2.42. The Morgan fingerprint density at radius 1 is 1.33 bits per heavy atom. The van der Waals surface area contributed by atoms with Gasteiger partial charge in [0, 0.05) is 24.7 Å². The minimum atomic E-state index is 0.245. The monoisotopic (exact) mass is 282 g/mol. The van der Waals surface area contributed by atoms with E-state index in [1.165, 1.54) is 31.2 Å². The molecule has 1 saturated carbocycles. The van der Waals surface area contributed by atoms with Crippen LogP contribution >= 0.6 is 0 Å². The topological polar surface area (TPSA) is 15.3 Å². The molecule has 2 unspecified atom stereocenters. The molecular formula is C19H26N2. The fraction of sp³-hybridized carbons (Fsp3) is 0.579. The minimum Gasteiger partial charge on any atom is -0.308 e. The average Bonchev–Trinajstić information content (AvgIpc) is 2.98. The Morgan fingerprint density at radius 3 is 2.67 bits per heavy atom. The van der Waals surface area contributed by atoms with E-state index in [-0.39, 0.29) is 6.04 Å². The number of hydrogen-bond acceptors (Lipinski definition) is 2. The predicted molar refractivity (Wildman–Crippen MR) is 88.0 cm³/mol. The molecule has 1 aromatic carbocycles. The number of nitrogens with one attached hydrogen (secondary N) is 1. The number of nitrogens with zero attached hydrogens (tertiary/aromatic N) is 1. The molecule has 2 atom stereocenters. The van der Waals surface area contributed by atoms with Crippen LogP contribution in [0.25, 0.3) is 0 Å². The summed E-state index contributed by atoms with van der Waals surface area (Å²) < 4.78 is 0. The Hall–Kier alpha value is -1.30. The van der Waals surface area contributed by atoms with E-state index >= 15 is 0 Å². The average molecular weight is 282 g/mol. The summed E-state index contributed by atoms with van der Waals surface area (Å²) >= 11 is 0. The predicted octanol–water partition coefficient (Wildman–Crippen LogP) is 3.36. The Kier molecular flexibility index (Phi) is 4.33. The third-order valence-corrected chi connectivity index (χ3v) is 5.28. The minimum absolute atomic E-state index is 0.245. The van der Waals surface area contributed by atoms with Crippen molar-refractivity contribution in [2.75, 3.05) is 13.1 Å². The maximum absolute atomic E-state index is 5.83. The molecule has 0 radical (unpaired) electrons. The summed E-state index contributed by atoms with van der Waals surface area (Å²) in [7, 11) is 0. The number of piperazine rings is 1. The van der Waals surface area contributed by atoms with Gasteiger partial charge in [0.05, 0.1) is 6.04 Å². The molecule has 21 heavy (non-hydrogen) atoms. The van der Waals surface area contributed by atoms with Gasteiger partial charge in [-0.05, 0) is 24.8 Å². The van der Waals surface area contributed by atoms with Crippen molar-refractivity contribution < 1.29 is 0 Å². The van der Waals surface area contributed by atoms with Crippen molar-refractivity contribution in [2.45, 2.75) is 56.7 Å². The second-order valence-electron chi connectivity index (χ2n) is 6.56. The summed E-state index contributed by atoms with van der Waals surface area (Å²) in [6, 6.07) is 11.5. The van der Waals surface area contributed by atoms with Crippen LogP contribution in [0.15, 0.2) is 30.3 Å². The van der Waals surface area contributed by atoms with Crippen LogP contribution in [0.3, 0.4) is 0 Å². The van der Waals surface area contributed by atoms with Crippen molar-refractivity contribution in [3.63, 3.8) is 0 Å². The largest absolute Gasteiger partial charge is 0.308 e. The highest BCUT2D eigenvalue weighted by atomic mass is 15.3. The molecule has 112 valence electrons. The number of rotatable bonds is 3. The van der Waals surface area contributed by atoms with Gasteiger partial charge in [-0.3, -0.25) is 4.90 Å². The molecule has 1 N–H and O–H groups in total. The standard InChI is InChI=1S/C19H26N2/c1-3-17(4-2)21-15-19(12-8-9-13-19)20-14-18(21)16-10-6-5-7-11-16/h1,5-7,10-11,17-18,20H,4,8-9,12-15H2,2H3. The van der Waals surface area contributed by atoms with E-state index in [1.807, 2.05) is 0 Å². The molecule has 1 saturated heterocycles. The molecule has 1 aliphatic carbocycles. The number of benzene rings is 1. The lowest BCUT2D eigenvalue weighted by Gasteiger charge is -2.48. The third-order valence-electron chi connectivity index (χ3n) is 5.28. The zero-order valence-corrected chi connectivity index (χ0v) is 13.0. The summed E-state index contributed by atoms with van der Waals surface area (Å²) in [4.78, 5) is 2.58. The van der Waals surface area contributed by atoms with Crippen molar-refractivity contribution >= 4 is 0 Å². The zero-order chi connectivity index (χ0) is 14.7. The third kappa shape index (κ3) is 2.86. The molecule has 1 aromatic rings. The summed E-state index contributed by atoms with van der Waals surface area (Å²) in [5, 5.41) is 3.87. The van der Waals surface area contributed by atoms with E-state index in [2.05, 4.69) is 53.4 Å². The van der Waals surface area contributed by atoms with Gasteiger partial charge in [0.2, 0.25) is 0 Å². The zero-order valence-electron chi connectivity index (χ0n) is 13.0. The van der Waals surface area contributed by atoms with E-state index in [9.17, 15) is 0 Å². The maximum atomic E-state index is 5.83. The van der Waals surface area contributed by atoms with Crippen LogP contribution in [0.5, 0.6) is 0 Å². The van der Waals surface area contributed by atoms with E-state index in [1.54, 1.807) is 0 Å². The van der Waals surface area contributed by atoms with Gasteiger partial charge < -0.3 is 5.32 Å². The Labute approximate surface area is 128 Å². The second kappa shape index (κ2) is 6.22. The first kappa shape index (κ1) is 14.6. The summed E-state index contributed by atoms with van der Waals surface area (Å²) in [6.07, 6.45) is 12.2. The molecule has 1 spiro atoms. The van der Waals surface area contributed by atoms with Crippen LogP contribution in [-0.4, -0.2) is 29.6 Å². The fourth-order valence-corrected chi connectivity index (χ4v) is 4.09. The van der Waals surface area contributed by atoms with E-state index in [4.69, 9.17) is 6.42 Å². The molecule has 1 aliphatic heterocycles. The summed E-state index contributed by atoms with van der Waals surface area (Å²) in [6.45, 7) is 4.31. The van der Waals surface area contributed by atoms with Gasteiger partial charge >= 0.3 is 0 Å². The molecule has 2 nitrogen and oxygen atoms in total.